The van der Waals surface area contributed by atoms with Gasteiger partial charge in [0.1, 0.15) is 23.5 Å². The van der Waals surface area contributed by atoms with Crippen molar-refractivity contribution >= 4 is 34.1 Å². The third kappa shape index (κ3) is 5.58. The quantitative estimate of drug-likeness (QED) is 0.304. The van der Waals surface area contributed by atoms with Crippen LogP contribution < -0.4 is 15.1 Å². The van der Waals surface area contributed by atoms with Crippen LogP contribution >= 0.6 is 0 Å². The van der Waals surface area contributed by atoms with E-state index in [0.29, 0.717) is 43.6 Å². The van der Waals surface area contributed by atoms with Crippen molar-refractivity contribution in [3.63, 3.8) is 0 Å². The Labute approximate surface area is 337 Å². The maximum atomic E-state index is 16.7. The third-order valence-corrected chi connectivity index (χ3v) is 16.1. The van der Waals surface area contributed by atoms with Crippen molar-refractivity contribution in [2.45, 2.75) is 109 Å². The topological polar surface area (TPSA) is 159 Å². The number of ketones is 2. The predicted molar refractivity (Wildman–Crippen MR) is 214 cm³/mol. The van der Waals surface area contributed by atoms with Crippen molar-refractivity contribution in [3.8, 4) is 5.75 Å². The average molecular weight is 802 g/mol. The molecule has 12 nitrogen and oxygen atoms in total. The van der Waals surface area contributed by atoms with Crippen molar-refractivity contribution < 1.29 is 43.6 Å². The minimum Gasteiger partial charge on any atom is -0.492 e. The number of pyridine rings is 1. The van der Waals surface area contributed by atoms with Gasteiger partial charge in [-0.2, -0.15) is 0 Å². The van der Waals surface area contributed by atoms with Gasteiger partial charge >= 0.3 is 5.97 Å². The number of carboxylic acids is 1. The van der Waals surface area contributed by atoms with E-state index in [-0.39, 0.29) is 88.6 Å². The number of hydrogen-bond acceptors (Lipinski definition) is 10. The number of halogens is 1. The fraction of sp³-hybridized carbons (Fsp3) is 0.644. The van der Waals surface area contributed by atoms with Crippen LogP contribution in [0.2, 0.25) is 0 Å². The average Bonchev–Trinajstić information content (AvgIpc) is 3.85. The molecule has 3 N–H and O–H groups in total. The van der Waals surface area contributed by atoms with E-state index in [4.69, 9.17) is 9.47 Å². The van der Waals surface area contributed by atoms with Crippen molar-refractivity contribution in [2.75, 3.05) is 45.0 Å². The molecule has 2 saturated heterocycles. The summed E-state index contributed by atoms with van der Waals surface area (Å²) >= 11 is 0. The van der Waals surface area contributed by atoms with Gasteiger partial charge in [0.2, 0.25) is 5.43 Å². The molecule has 2 aromatic rings. The van der Waals surface area contributed by atoms with Gasteiger partial charge in [-0.05, 0) is 102 Å². The van der Waals surface area contributed by atoms with Crippen molar-refractivity contribution in [1.29, 1.82) is 0 Å². The van der Waals surface area contributed by atoms with E-state index in [1.807, 2.05) is 22.5 Å². The van der Waals surface area contributed by atoms with Gasteiger partial charge in [-0.3, -0.25) is 19.3 Å². The normalized spacial score (nSPS) is 35.7. The molecule has 7 aliphatic rings. The largest absolute Gasteiger partial charge is 0.492 e. The highest BCUT2D eigenvalue weighted by molar-refractivity contribution is 6.01. The number of hydrogen-bond donors (Lipinski definition) is 3. The third-order valence-electron chi connectivity index (χ3n) is 16.1. The number of carboxylic acid groups (broad SMARTS) is 1. The lowest BCUT2D eigenvalue weighted by Gasteiger charge is -2.59. The molecule has 1 aromatic carbocycles. The Morgan fingerprint density at radius 2 is 1.83 bits per heavy atom. The Morgan fingerprint density at radius 3 is 2.53 bits per heavy atom. The lowest BCUT2D eigenvalue weighted by molar-refractivity contribution is -0.180. The predicted octanol–water partition coefficient (Wildman–Crippen LogP) is 5.25. The van der Waals surface area contributed by atoms with E-state index in [1.54, 1.807) is 19.1 Å². The van der Waals surface area contributed by atoms with E-state index in [9.17, 15) is 34.5 Å². The van der Waals surface area contributed by atoms with E-state index in [0.717, 1.165) is 50.6 Å². The number of aromatic nitrogens is 1. The molecule has 1 aromatic heterocycles. The molecule has 312 valence electrons. The number of ether oxygens (including phenoxy) is 2. The molecule has 0 amide bonds. The van der Waals surface area contributed by atoms with Gasteiger partial charge < -0.3 is 34.3 Å². The molecular formula is C45H56FN3O9. The summed E-state index contributed by atoms with van der Waals surface area (Å²) in [6.07, 6.45) is 10.9. The fourth-order valence-corrected chi connectivity index (χ4v) is 13.2. The highest BCUT2D eigenvalue weighted by Crippen LogP contribution is 2.67. The smallest absolute Gasteiger partial charge is 0.341 e. The molecule has 5 aliphatic carbocycles. The Bertz CT molecular complexity index is 2250. The number of aliphatic hydroxyl groups excluding tert-OH is 1. The van der Waals surface area contributed by atoms with Crippen molar-refractivity contribution in [1.82, 2.24) is 9.47 Å². The number of allylic oxidation sites excluding steroid dienone is 4. The summed E-state index contributed by atoms with van der Waals surface area (Å²) in [5.41, 5.74) is -1.74. The van der Waals surface area contributed by atoms with E-state index >= 15 is 4.39 Å². The van der Waals surface area contributed by atoms with Gasteiger partial charge in [0, 0.05) is 59.7 Å². The Balaban J connectivity index is 0.922. The number of benzene rings is 1. The lowest BCUT2D eigenvalue weighted by Crippen LogP contribution is -2.61. The summed E-state index contributed by atoms with van der Waals surface area (Å²) in [5, 5.41) is 34.1. The molecule has 4 unspecified atom stereocenters. The first-order chi connectivity index (χ1) is 27.6. The zero-order chi connectivity index (χ0) is 41.2. The second-order valence-corrected chi connectivity index (χ2v) is 18.9. The van der Waals surface area contributed by atoms with Crippen LogP contribution in [0.25, 0.3) is 10.9 Å². The molecule has 9 rings (SSSR count). The van der Waals surface area contributed by atoms with Gasteiger partial charge in [-0.25, -0.2) is 9.18 Å². The lowest BCUT2D eigenvalue weighted by atomic mass is 9.46. The van der Waals surface area contributed by atoms with Gasteiger partial charge in [0.15, 0.2) is 23.1 Å². The van der Waals surface area contributed by atoms with Crippen LogP contribution in [-0.4, -0.2) is 100 Å². The number of Topliss-reactive ketones (excluding diaryl/α,β-unsaturated/α-hetero) is 1. The number of carbonyl (C=O) groups is 3. The molecule has 0 radical (unpaired) electrons. The Hall–Kier alpha value is -3.91. The first-order valence-electron chi connectivity index (χ1n) is 21.2. The van der Waals surface area contributed by atoms with Gasteiger partial charge in [0.25, 0.3) is 0 Å². The van der Waals surface area contributed by atoms with Crippen LogP contribution in [0.4, 0.5) is 10.1 Å². The Morgan fingerprint density at radius 1 is 1.07 bits per heavy atom. The van der Waals surface area contributed by atoms with Crippen LogP contribution in [0.1, 0.15) is 99.3 Å². The monoisotopic (exact) mass is 801 g/mol. The maximum absolute atomic E-state index is 16.7. The number of aryl methyl sites for hydroxylation is 1. The molecule has 0 bridgehead atoms. The fourth-order valence-electron chi connectivity index (χ4n) is 13.2. The molecule has 9 atom stereocenters. The number of aliphatic hydroxyl groups is 2. The molecule has 13 heteroatoms. The summed E-state index contributed by atoms with van der Waals surface area (Å²) in [7, 11) is 1.46. The van der Waals surface area contributed by atoms with E-state index in [1.165, 1.54) is 14.0 Å². The summed E-state index contributed by atoms with van der Waals surface area (Å²) in [6.45, 7) is 8.89. The molecule has 58 heavy (non-hydrogen) atoms. The number of aromatic carboxylic acids is 1. The number of anilines is 1. The number of likely N-dealkylation sites (tertiary alicyclic amines) is 1. The van der Waals surface area contributed by atoms with Crippen LogP contribution in [0, 0.1) is 54.2 Å². The molecule has 2 aliphatic heterocycles. The minimum atomic E-state index is -1.64. The van der Waals surface area contributed by atoms with Crippen molar-refractivity contribution in [3.05, 3.63) is 56.7 Å². The number of piperidine rings is 1. The number of rotatable bonds is 9. The van der Waals surface area contributed by atoms with Crippen LogP contribution in [0.5, 0.6) is 5.75 Å². The van der Waals surface area contributed by atoms with Crippen LogP contribution in [0.15, 0.2) is 28.6 Å². The van der Waals surface area contributed by atoms with Gasteiger partial charge in [-0.15, -0.1) is 0 Å². The summed E-state index contributed by atoms with van der Waals surface area (Å²) in [6, 6.07) is -0.0214. The zero-order valence-electron chi connectivity index (χ0n) is 34.2. The van der Waals surface area contributed by atoms with Crippen LogP contribution in [0.3, 0.4) is 0 Å². The highest BCUT2D eigenvalue weighted by atomic mass is 19.1. The summed E-state index contributed by atoms with van der Waals surface area (Å²) in [5.74, 6) is -1.85. The second-order valence-electron chi connectivity index (χ2n) is 18.9. The standard InChI is InChI=1S/C45H56FN3O9/c1-23-34-38(49(27-9-10-27)24(2)35(40(34)53)42(54)55)41(57-5)39(37(23)46)48-19-25-7-6-16-47(31(25)20-48)22-58-21-33(52)45(56)15-13-30-29-11-8-26-17-28(50)12-14-43(26,3)36(29)32(51)18-44(30,45)4/h12,14,17,25,27,29-32,36,51,56H,6-11,13,15-16,18-22H2,1-5H3,(H,54,55)/t25?,29-,30-,31?,32?,36?,43-,44-,45-/m0/s1. The van der Waals surface area contributed by atoms with E-state index < -0.39 is 39.8 Å². The van der Waals surface area contributed by atoms with E-state index in [2.05, 4.69) is 11.8 Å². The number of carbonyl (C=O) groups excluding carboxylic acids is 2. The first-order valence-corrected chi connectivity index (χ1v) is 21.2. The number of methoxy groups -OCH3 is 1. The first kappa shape index (κ1) is 39.5. The highest BCUT2D eigenvalue weighted by Gasteiger charge is 2.68. The maximum Gasteiger partial charge on any atom is 0.341 e. The molecule has 0 spiro atoms. The zero-order valence-corrected chi connectivity index (χ0v) is 34.2. The van der Waals surface area contributed by atoms with Gasteiger partial charge in [0.05, 0.1) is 30.8 Å². The van der Waals surface area contributed by atoms with Crippen molar-refractivity contribution in [2.24, 2.45) is 34.5 Å². The second kappa shape index (κ2) is 13.8. The summed E-state index contributed by atoms with van der Waals surface area (Å²) < 4.78 is 30.7. The SMILES string of the molecule is COc1c(N2CC3CCCN(COCC(=O)[C@@]4(O)CC[C@H]5[C@@H]6CCC7=CC(=O)C=C[C@]7(C)C6C(O)C[C@@]54C)C3C2)c(F)c(C)c2c(=O)c(C(=O)O)c(C)n(C3CC3)c12. The minimum absolute atomic E-state index is 0.0106. The summed E-state index contributed by atoms with van der Waals surface area (Å²) in [4.78, 5) is 56.4. The Kier molecular flexibility index (Phi) is 9.42. The van der Waals surface area contributed by atoms with Crippen LogP contribution in [-0.2, 0) is 14.3 Å². The molecule has 3 heterocycles. The molecular weight excluding hydrogens is 746 g/mol. The number of fused-ring (bicyclic) bond motifs is 7. The molecule has 6 fully saturated rings. The van der Waals surface area contributed by atoms with Gasteiger partial charge in [-0.1, -0.05) is 25.5 Å². The molecule has 4 saturated carbocycles. The number of nitrogens with zero attached hydrogens (tertiary/aromatic N) is 3.